The summed E-state index contributed by atoms with van der Waals surface area (Å²) in [6.07, 6.45) is 2.96. The maximum atomic E-state index is 14.0. The number of imide groups is 1. The van der Waals surface area contributed by atoms with Crippen molar-refractivity contribution in [2.45, 2.75) is 48.9 Å². The summed E-state index contributed by atoms with van der Waals surface area (Å²) in [7, 11) is 0. The lowest BCUT2D eigenvalue weighted by Gasteiger charge is -2.31. The summed E-state index contributed by atoms with van der Waals surface area (Å²) in [6, 6.07) is 13.2. The molecule has 3 atom stereocenters. The number of aromatic nitrogens is 1. The zero-order valence-electron chi connectivity index (χ0n) is 22.8. The largest absolute Gasteiger partial charge is 0.462 e. The van der Waals surface area contributed by atoms with Gasteiger partial charge in [0, 0.05) is 28.9 Å². The molecule has 2 saturated heterocycles. The molecule has 2 unspecified atom stereocenters. The van der Waals surface area contributed by atoms with E-state index in [1.807, 2.05) is 12.1 Å². The third kappa shape index (κ3) is 5.07. The van der Waals surface area contributed by atoms with Crippen molar-refractivity contribution < 1.29 is 23.9 Å². The Bertz CT molecular complexity index is 1610. The second-order valence-electron chi connectivity index (χ2n) is 10.4. The molecule has 2 aromatic carbocycles. The Kier molecular flexibility index (Phi) is 7.99. The fourth-order valence-electron chi connectivity index (χ4n) is 5.88. The van der Waals surface area contributed by atoms with Gasteiger partial charge in [-0.25, -0.2) is 9.69 Å². The highest BCUT2D eigenvalue weighted by atomic mass is 35.5. The average molecular weight is 626 g/mol. The van der Waals surface area contributed by atoms with Crippen LogP contribution in [-0.4, -0.2) is 58.1 Å². The topological polar surface area (TPSA) is 106 Å². The fourth-order valence-corrected chi connectivity index (χ4v) is 8.78. The van der Waals surface area contributed by atoms with E-state index in [2.05, 4.69) is 0 Å². The molecular weight excluding hydrogens is 598 g/mol. The number of likely N-dealkylation sites (tertiary alicyclic amines) is 1. The van der Waals surface area contributed by atoms with Gasteiger partial charge >= 0.3 is 10.8 Å². The van der Waals surface area contributed by atoms with Gasteiger partial charge < -0.3 is 9.64 Å². The zero-order valence-corrected chi connectivity index (χ0v) is 25.2. The number of amides is 3. The van der Waals surface area contributed by atoms with Gasteiger partial charge in [0.05, 0.1) is 28.8 Å². The minimum Gasteiger partial charge on any atom is -0.462 e. The molecule has 3 aliphatic heterocycles. The number of carbonyl (C=O) groups is 4. The smallest absolute Gasteiger partial charge is 0.338 e. The number of nitrogens with zero attached hydrogens (tertiary/aromatic N) is 3. The number of ether oxygens (including phenoxy) is 1. The van der Waals surface area contributed by atoms with Crippen LogP contribution in [0.15, 0.2) is 58.4 Å². The number of fused-ring (bicyclic) bond motifs is 2. The minimum absolute atomic E-state index is 0.108. The predicted octanol–water partition coefficient (Wildman–Crippen LogP) is 4.55. The molecule has 3 amide bonds. The monoisotopic (exact) mass is 625 g/mol. The van der Waals surface area contributed by atoms with E-state index in [4.69, 9.17) is 16.3 Å². The number of rotatable bonds is 6. The van der Waals surface area contributed by atoms with Gasteiger partial charge in [-0.05, 0) is 68.1 Å². The van der Waals surface area contributed by atoms with Crippen LogP contribution in [0, 0.1) is 5.92 Å². The molecule has 4 heterocycles. The Balaban J connectivity index is 1.38. The summed E-state index contributed by atoms with van der Waals surface area (Å²) in [4.78, 5) is 69.9. The van der Waals surface area contributed by atoms with Crippen molar-refractivity contribution in [2.24, 2.45) is 5.92 Å². The Morgan fingerprint density at radius 3 is 2.31 bits per heavy atom. The van der Waals surface area contributed by atoms with Crippen molar-refractivity contribution in [1.29, 1.82) is 0 Å². The number of hydrogen-bond donors (Lipinski definition) is 0. The minimum atomic E-state index is -0.805. The second-order valence-corrected chi connectivity index (χ2v) is 13.0. The van der Waals surface area contributed by atoms with E-state index in [9.17, 15) is 24.0 Å². The molecule has 9 nitrogen and oxygen atoms in total. The maximum Gasteiger partial charge on any atom is 0.338 e. The van der Waals surface area contributed by atoms with Crippen LogP contribution >= 0.6 is 34.7 Å². The Morgan fingerprint density at radius 2 is 1.64 bits per heavy atom. The molecule has 0 saturated carbocycles. The van der Waals surface area contributed by atoms with E-state index in [0.29, 0.717) is 39.3 Å². The SMILES string of the molecule is CCOC(=O)c1ccc(N2C(=O)C3Sc4c(sc(=O)n4CC(=O)N4CCCCC4)[C@@H](c4ccc(Cl)cc4)C3C2=O)cc1. The molecule has 218 valence electrons. The molecule has 6 rings (SSSR count). The molecule has 42 heavy (non-hydrogen) atoms. The summed E-state index contributed by atoms with van der Waals surface area (Å²) in [5, 5.41) is 0.272. The van der Waals surface area contributed by atoms with Crippen LogP contribution in [-0.2, 0) is 25.7 Å². The average Bonchev–Trinajstić information content (AvgIpc) is 3.44. The normalized spacial score (nSPS) is 21.7. The lowest BCUT2D eigenvalue weighted by Crippen LogP contribution is -2.39. The molecule has 3 aliphatic rings. The second kappa shape index (κ2) is 11.7. The number of anilines is 1. The maximum absolute atomic E-state index is 14.0. The van der Waals surface area contributed by atoms with E-state index in [1.54, 1.807) is 36.1 Å². The molecule has 0 aliphatic carbocycles. The molecule has 2 fully saturated rings. The van der Waals surface area contributed by atoms with Gasteiger partial charge in [0.1, 0.15) is 11.8 Å². The summed E-state index contributed by atoms with van der Waals surface area (Å²) in [5.74, 6) is -2.75. The number of thioether (sulfide) groups is 1. The van der Waals surface area contributed by atoms with Crippen LogP contribution in [0.2, 0.25) is 5.02 Å². The first-order valence-corrected chi connectivity index (χ1v) is 15.9. The van der Waals surface area contributed by atoms with Crippen LogP contribution in [0.4, 0.5) is 5.69 Å². The van der Waals surface area contributed by atoms with Gasteiger partial charge in [-0.3, -0.25) is 23.7 Å². The zero-order chi connectivity index (χ0) is 29.5. The number of benzene rings is 2. The van der Waals surface area contributed by atoms with Crippen molar-refractivity contribution >= 4 is 64.1 Å². The third-order valence-electron chi connectivity index (χ3n) is 7.92. The number of hydrogen-bond acceptors (Lipinski definition) is 8. The Hall–Kier alpha value is -3.41. The molecule has 0 radical (unpaired) electrons. The quantitative estimate of drug-likeness (QED) is 0.292. The lowest BCUT2D eigenvalue weighted by atomic mass is 9.83. The number of thiazole rings is 1. The third-order valence-corrected chi connectivity index (χ3v) is 10.8. The van der Waals surface area contributed by atoms with E-state index in [-0.39, 0.29) is 29.8 Å². The molecule has 12 heteroatoms. The molecule has 1 aromatic heterocycles. The number of halogens is 1. The number of esters is 1. The van der Waals surface area contributed by atoms with Crippen molar-refractivity contribution in [3.05, 3.63) is 79.2 Å². The van der Waals surface area contributed by atoms with Crippen LogP contribution in [0.25, 0.3) is 0 Å². The van der Waals surface area contributed by atoms with E-state index in [0.717, 1.165) is 41.1 Å². The highest BCUT2D eigenvalue weighted by Crippen LogP contribution is 2.54. The Morgan fingerprint density at radius 1 is 0.952 bits per heavy atom. The first-order valence-electron chi connectivity index (χ1n) is 13.9. The first kappa shape index (κ1) is 28.7. The van der Waals surface area contributed by atoms with E-state index in [1.165, 1.54) is 28.5 Å². The van der Waals surface area contributed by atoms with Gasteiger partial charge in [0.25, 0.3) is 0 Å². The van der Waals surface area contributed by atoms with Gasteiger partial charge in [0.2, 0.25) is 17.7 Å². The summed E-state index contributed by atoms with van der Waals surface area (Å²) in [6.45, 7) is 3.18. The molecule has 0 bridgehead atoms. The van der Waals surface area contributed by atoms with Gasteiger partial charge in [-0.15, -0.1) is 0 Å². The van der Waals surface area contributed by atoms with Crippen LogP contribution < -0.4 is 9.77 Å². The van der Waals surface area contributed by atoms with Gasteiger partial charge in [-0.2, -0.15) is 0 Å². The van der Waals surface area contributed by atoms with Crippen molar-refractivity contribution in [2.75, 3.05) is 24.6 Å². The fraction of sp³-hybridized carbons (Fsp3) is 0.367. The molecule has 0 N–H and O–H groups in total. The molecule has 3 aromatic rings. The number of carbonyl (C=O) groups excluding carboxylic acids is 4. The summed E-state index contributed by atoms with van der Waals surface area (Å²) in [5.41, 5.74) is 1.42. The summed E-state index contributed by atoms with van der Waals surface area (Å²) >= 11 is 8.37. The van der Waals surface area contributed by atoms with Crippen LogP contribution in [0.3, 0.4) is 0 Å². The standard InChI is InChI=1S/C30H28ClN3O6S2/c1-2-40-29(38)18-8-12-20(13-9-18)34-26(36)23-22(17-6-10-19(31)11-7-17)25-28(41-24(23)27(34)37)33(30(39)42-25)16-21(35)32-14-4-3-5-15-32/h6-13,22-24H,2-5,14-16H2,1H3/t22-,23?,24?/m0/s1. The highest BCUT2D eigenvalue weighted by Gasteiger charge is 2.56. The van der Waals surface area contributed by atoms with Crippen molar-refractivity contribution in [3.63, 3.8) is 0 Å². The van der Waals surface area contributed by atoms with Crippen molar-refractivity contribution in [3.8, 4) is 0 Å². The highest BCUT2D eigenvalue weighted by molar-refractivity contribution is 8.00. The number of piperidine rings is 1. The van der Waals surface area contributed by atoms with Crippen LogP contribution in [0.1, 0.15) is 52.9 Å². The van der Waals surface area contributed by atoms with Crippen molar-refractivity contribution in [1.82, 2.24) is 9.47 Å². The Labute approximate surface area is 255 Å². The lowest BCUT2D eigenvalue weighted by molar-refractivity contribution is -0.133. The van der Waals surface area contributed by atoms with Gasteiger partial charge in [0.15, 0.2) is 0 Å². The molecular formula is C30H28ClN3O6S2. The van der Waals surface area contributed by atoms with Gasteiger partial charge in [-0.1, -0.05) is 46.8 Å². The first-order chi connectivity index (χ1) is 20.3. The summed E-state index contributed by atoms with van der Waals surface area (Å²) < 4.78 is 6.51. The van der Waals surface area contributed by atoms with E-state index < -0.39 is 29.0 Å². The molecule has 0 spiro atoms. The predicted molar refractivity (Wildman–Crippen MR) is 160 cm³/mol. The van der Waals surface area contributed by atoms with E-state index >= 15 is 0 Å². The van der Waals surface area contributed by atoms with Crippen LogP contribution in [0.5, 0.6) is 0 Å².